The number of unbranched alkanes of at least 4 members (excludes halogenated alkanes) is 1. The Hall–Kier alpha value is -1.39. The molecule has 0 aromatic heterocycles. The van der Waals surface area contributed by atoms with E-state index in [4.69, 9.17) is 10.5 Å². The van der Waals surface area contributed by atoms with E-state index in [9.17, 15) is 4.79 Å². The van der Waals surface area contributed by atoms with Gasteiger partial charge >= 0.3 is 0 Å². The number of rotatable bonds is 10. The molecule has 1 rings (SSSR count). The maximum absolute atomic E-state index is 11.8. The van der Waals surface area contributed by atoms with Crippen LogP contribution in [0.5, 0.6) is 0 Å². The molecule has 3 N–H and O–H groups in total. The number of amides is 1. The van der Waals surface area contributed by atoms with Crippen LogP contribution in [-0.2, 0) is 16.1 Å². The highest BCUT2D eigenvalue weighted by atomic mass is 16.5. The highest BCUT2D eigenvalue weighted by molar-refractivity contribution is 5.91. The van der Waals surface area contributed by atoms with Gasteiger partial charge in [0.25, 0.3) is 0 Å². The zero-order valence-electron chi connectivity index (χ0n) is 13.2. The predicted molar refractivity (Wildman–Crippen MR) is 87.1 cm³/mol. The van der Waals surface area contributed by atoms with Crippen LogP contribution in [0.1, 0.15) is 45.1 Å². The van der Waals surface area contributed by atoms with E-state index in [0.29, 0.717) is 19.1 Å². The fourth-order valence-electron chi connectivity index (χ4n) is 2.19. The molecular formula is C17H28N2O2. The van der Waals surface area contributed by atoms with Gasteiger partial charge in [0.1, 0.15) is 6.61 Å². The van der Waals surface area contributed by atoms with E-state index >= 15 is 0 Å². The first-order valence-electron chi connectivity index (χ1n) is 7.86. The second-order valence-electron chi connectivity index (χ2n) is 5.38. The van der Waals surface area contributed by atoms with E-state index in [-0.39, 0.29) is 12.5 Å². The maximum Gasteiger partial charge on any atom is 0.250 e. The average Bonchev–Trinajstić information content (AvgIpc) is 2.50. The van der Waals surface area contributed by atoms with Gasteiger partial charge in [0.05, 0.1) is 6.61 Å². The number of carbonyl (C=O) groups excluding carboxylic acids is 1. The summed E-state index contributed by atoms with van der Waals surface area (Å²) in [6.07, 6.45) is 4.70. The van der Waals surface area contributed by atoms with Gasteiger partial charge in [0.2, 0.25) is 5.91 Å². The van der Waals surface area contributed by atoms with Gasteiger partial charge in [-0.15, -0.1) is 0 Å². The minimum absolute atomic E-state index is 0.107. The first-order chi connectivity index (χ1) is 10.2. The van der Waals surface area contributed by atoms with E-state index < -0.39 is 0 Å². The second kappa shape index (κ2) is 10.4. The van der Waals surface area contributed by atoms with Crippen LogP contribution in [0.15, 0.2) is 24.3 Å². The summed E-state index contributed by atoms with van der Waals surface area (Å²) in [6.45, 7) is 5.59. The number of benzene rings is 1. The molecule has 1 aromatic carbocycles. The minimum atomic E-state index is -0.116. The Morgan fingerprint density at radius 2 is 2.19 bits per heavy atom. The summed E-state index contributed by atoms with van der Waals surface area (Å²) >= 11 is 0. The summed E-state index contributed by atoms with van der Waals surface area (Å²) in [5.74, 6) is 0.438. The summed E-state index contributed by atoms with van der Waals surface area (Å²) in [4.78, 5) is 11.8. The maximum atomic E-state index is 11.8. The fraction of sp³-hybridized carbons (Fsp3) is 0.588. The number of nitrogens with two attached hydrogens (primary N) is 1. The lowest BCUT2D eigenvalue weighted by atomic mass is 10.0. The average molecular weight is 292 g/mol. The molecule has 4 nitrogen and oxygen atoms in total. The molecule has 4 heteroatoms. The summed E-state index contributed by atoms with van der Waals surface area (Å²) in [5.41, 5.74) is 7.35. The lowest BCUT2D eigenvalue weighted by Gasteiger charge is -2.14. The number of carbonyl (C=O) groups is 1. The Morgan fingerprint density at radius 1 is 1.38 bits per heavy atom. The van der Waals surface area contributed by atoms with Crippen molar-refractivity contribution >= 4 is 11.6 Å². The third kappa shape index (κ3) is 7.25. The van der Waals surface area contributed by atoms with Gasteiger partial charge in [-0.1, -0.05) is 45.2 Å². The normalized spacial score (nSPS) is 12.1. The molecule has 0 aliphatic heterocycles. The molecule has 0 heterocycles. The molecule has 0 saturated heterocycles. The second-order valence-corrected chi connectivity index (χ2v) is 5.38. The summed E-state index contributed by atoms with van der Waals surface area (Å²) < 4.78 is 5.54. The Kier molecular flexibility index (Phi) is 8.71. The molecule has 1 aromatic rings. The Balaban J connectivity index is 2.30. The van der Waals surface area contributed by atoms with Crippen molar-refractivity contribution in [1.29, 1.82) is 0 Å². The van der Waals surface area contributed by atoms with Crippen LogP contribution in [0.25, 0.3) is 0 Å². The Morgan fingerprint density at radius 3 is 2.86 bits per heavy atom. The molecule has 0 spiro atoms. The molecule has 1 amide bonds. The molecule has 118 valence electrons. The number of ether oxygens (including phenoxy) is 1. The fourth-order valence-corrected chi connectivity index (χ4v) is 2.19. The van der Waals surface area contributed by atoms with Crippen LogP contribution in [0.2, 0.25) is 0 Å². The number of anilines is 1. The van der Waals surface area contributed by atoms with Crippen molar-refractivity contribution in [2.75, 3.05) is 18.5 Å². The molecule has 21 heavy (non-hydrogen) atoms. The zero-order valence-corrected chi connectivity index (χ0v) is 13.2. The van der Waals surface area contributed by atoms with Crippen LogP contribution in [0, 0.1) is 5.92 Å². The van der Waals surface area contributed by atoms with Crippen molar-refractivity contribution in [2.24, 2.45) is 11.7 Å². The third-order valence-corrected chi connectivity index (χ3v) is 3.58. The van der Waals surface area contributed by atoms with Crippen LogP contribution < -0.4 is 11.1 Å². The van der Waals surface area contributed by atoms with E-state index in [0.717, 1.165) is 17.7 Å². The molecule has 0 aliphatic rings. The van der Waals surface area contributed by atoms with Crippen molar-refractivity contribution in [1.82, 2.24) is 0 Å². The van der Waals surface area contributed by atoms with Gasteiger partial charge in [-0.3, -0.25) is 4.79 Å². The SMILES string of the molecule is CCCCC(CC)COCC(=O)Nc1cccc(CN)c1. The molecule has 0 fully saturated rings. The Bertz CT molecular complexity index is 421. The Labute approximate surface area is 128 Å². The smallest absolute Gasteiger partial charge is 0.250 e. The van der Waals surface area contributed by atoms with Crippen molar-refractivity contribution in [3.05, 3.63) is 29.8 Å². The predicted octanol–water partition coefficient (Wildman–Crippen LogP) is 3.32. The lowest BCUT2D eigenvalue weighted by molar-refractivity contribution is -0.121. The van der Waals surface area contributed by atoms with Gasteiger partial charge < -0.3 is 15.8 Å². The topological polar surface area (TPSA) is 64.3 Å². The molecule has 0 bridgehead atoms. The van der Waals surface area contributed by atoms with Crippen molar-refractivity contribution in [2.45, 2.75) is 46.1 Å². The van der Waals surface area contributed by atoms with Crippen molar-refractivity contribution in [3.63, 3.8) is 0 Å². The molecular weight excluding hydrogens is 264 g/mol. The summed E-state index contributed by atoms with van der Waals surface area (Å²) in [5, 5.41) is 2.83. The van der Waals surface area contributed by atoms with E-state index in [1.807, 2.05) is 24.3 Å². The van der Waals surface area contributed by atoms with Gasteiger partial charge in [0.15, 0.2) is 0 Å². The molecule has 0 radical (unpaired) electrons. The molecule has 0 aliphatic carbocycles. The highest BCUT2D eigenvalue weighted by Gasteiger charge is 2.08. The molecule has 0 saturated carbocycles. The standard InChI is InChI=1S/C17H28N2O2/c1-3-5-7-14(4-2)12-21-13-17(20)19-16-9-6-8-15(10-16)11-18/h6,8-10,14H,3-5,7,11-13,18H2,1-2H3,(H,19,20). The quantitative estimate of drug-likeness (QED) is 0.695. The third-order valence-electron chi connectivity index (χ3n) is 3.58. The monoisotopic (exact) mass is 292 g/mol. The number of hydrogen-bond donors (Lipinski definition) is 2. The molecule has 1 unspecified atom stereocenters. The number of nitrogens with one attached hydrogen (secondary N) is 1. The van der Waals surface area contributed by atoms with Crippen LogP contribution in [0.3, 0.4) is 0 Å². The van der Waals surface area contributed by atoms with E-state index in [2.05, 4.69) is 19.2 Å². The van der Waals surface area contributed by atoms with E-state index in [1.54, 1.807) is 0 Å². The largest absolute Gasteiger partial charge is 0.371 e. The molecule has 1 atom stereocenters. The van der Waals surface area contributed by atoms with Gasteiger partial charge in [-0.2, -0.15) is 0 Å². The first kappa shape index (κ1) is 17.7. The zero-order chi connectivity index (χ0) is 15.5. The lowest BCUT2D eigenvalue weighted by Crippen LogP contribution is -2.21. The highest BCUT2D eigenvalue weighted by Crippen LogP contribution is 2.13. The van der Waals surface area contributed by atoms with Crippen molar-refractivity contribution < 1.29 is 9.53 Å². The summed E-state index contributed by atoms with van der Waals surface area (Å²) in [7, 11) is 0. The van der Waals surface area contributed by atoms with Gasteiger partial charge in [0, 0.05) is 12.2 Å². The minimum Gasteiger partial charge on any atom is -0.371 e. The summed E-state index contributed by atoms with van der Waals surface area (Å²) in [6, 6.07) is 7.56. The van der Waals surface area contributed by atoms with E-state index in [1.165, 1.54) is 19.3 Å². The van der Waals surface area contributed by atoms with Crippen LogP contribution in [0.4, 0.5) is 5.69 Å². The number of hydrogen-bond acceptors (Lipinski definition) is 3. The first-order valence-corrected chi connectivity index (χ1v) is 7.86. The van der Waals surface area contributed by atoms with Crippen molar-refractivity contribution in [3.8, 4) is 0 Å². The van der Waals surface area contributed by atoms with Gasteiger partial charge in [-0.05, 0) is 30.0 Å². The van der Waals surface area contributed by atoms with Gasteiger partial charge in [-0.25, -0.2) is 0 Å². The van der Waals surface area contributed by atoms with Crippen LogP contribution in [-0.4, -0.2) is 19.1 Å². The van der Waals surface area contributed by atoms with Crippen LogP contribution >= 0.6 is 0 Å².